The van der Waals surface area contributed by atoms with Crippen LogP contribution in [-0.2, 0) is 23.9 Å². The molecule has 154 valence electrons. The van der Waals surface area contributed by atoms with Gasteiger partial charge in [-0.3, -0.25) is 9.59 Å². The molecule has 1 aromatic rings. The number of dihydropyridines is 1. The van der Waals surface area contributed by atoms with Gasteiger partial charge in [-0.15, -0.1) is 0 Å². The van der Waals surface area contributed by atoms with E-state index in [1.165, 1.54) is 7.11 Å². The number of nitrogens with one attached hydrogen (secondary N) is 1. The van der Waals surface area contributed by atoms with E-state index in [-0.39, 0.29) is 18.3 Å². The third-order valence-corrected chi connectivity index (χ3v) is 5.74. The van der Waals surface area contributed by atoms with E-state index in [0.29, 0.717) is 23.3 Å². The summed E-state index contributed by atoms with van der Waals surface area (Å²) in [6, 6.07) is 7.67. The van der Waals surface area contributed by atoms with E-state index in [4.69, 9.17) is 9.47 Å². The quantitative estimate of drug-likeness (QED) is 0.621. The molecule has 3 rings (SSSR count). The van der Waals surface area contributed by atoms with Crippen LogP contribution in [-0.4, -0.2) is 31.4 Å². The smallest absolute Gasteiger partial charge is 0.336 e. The minimum atomic E-state index is -0.881. The van der Waals surface area contributed by atoms with Crippen molar-refractivity contribution >= 4 is 17.7 Å². The van der Waals surface area contributed by atoms with Crippen molar-refractivity contribution in [2.24, 2.45) is 11.8 Å². The molecule has 1 aliphatic carbocycles. The molecular weight excluding hydrogens is 370 g/mol. The molecule has 0 spiro atoms. The minimum Gasteiger partial charge on any atom is -0.468 e. The van der Waals surface area contributed by atoms with Gasteiger partial charge in [-0.05, 0) is 44.2 Å². The summed E-state index contributed by atoms with van der Waals surface area (Å²) in [5.74, 6) is -2.95. The summed E-state index contributed by atoms with van der Waals surface area (Å²) >= 11 is 0. The number of carbonyl (C=O) groups excluding carboxylic acids is 3. The first-order valence-corrected chi connectivity index (χ1v) is 9.87. The topological polar surface area (TPSA) is 81.7 Å². The van der Waals surface area contributed by atoms with Crippen molar-refractivity contribution in [1.82, 2.24) is 5.32 Å². The molecule has 1 aromatic carbocycles. The molecule has 6 heteroatoms. The average Bonchev–Trinajstić information content (AvgIpc) is 2.67. The van der Waals surface area contributed by atoms with Gasteiger partial charge in [0.25, 0.3) is 0 Å². The van der Waals surface area contributed by atoms with Crippen molar-refractivity contribution < 1.29 is 23.9 Å². The summed E-state index contributed by atoms with van der Waals surface area (Å²) in [6.45, 7) is 7.62. The maximum Gasteiger partial charge on any atom is 0.336 e. The second-order valence-electron chi connectivity index (χ2n) is 7.61. The lowest BCUT2D eigenvalue weighted by Gasteiger charge is -2.38. The number of hydrogen-bond donors (Lipinski definition) is 1. The number of ketones is 1. The largest absolute Gasteiger partial charge is 0.468 e. The van der Waals surface area contributed by atoms with Crippen molar-refractivity contribution in [3.8, 4) is 0 Å². The Morgan fingerprint density at radius 3 is 2.52 bits per heavy atom. The summed E-state index contributed by atoms with van der Waals surface area (Å²) in [4.78, 5) is 38.8. The van der Waals surface area contributed by atoms with Gasteiger partial charge in [0.15, 0.2) is 5.78 Å². The van der Waals surface area contributed by atoms with Crippen LogP contribution in [0, 0.1) is 18.8 Å². The van der Waals surface area contributed by atoms with Crippen LogP contribution in [0.25, 0.3) is 0 Å². The molecule has 2 aliphatic rings. The Hall–Kier alpha value is -2.89. The van der Waals surface area contributed by atoms with Crippen molar-refractivity contribution in [3.05, 3.63) is 57.9 Å². The summed E-state index contributed by atoms with van der Waals surface area (Å²) in [5.41, 5.74) is 4.12. The van der Waals surface area contributed by atoms with E-state index in [1.54, 1.807) is 6.92 Å². The monoisotopic (exact) mass is 397 g/mol. The van der Waals surface area contributed by atoms with E-state index in [9.17, 15) is 14.4 Å². The lowest BCUT2D eigenvalue weighted by atomic mass is 9.68. The Morgan fingerprint density at radius 1 is 1.21 bits per heavy atom. The highest BCUT2D eigenvalue weighted by atomic mass is 16.5. The summed E-state index contributed by atoms with van der Waals surface area (Å²) in [6.07, 6.45) is 0.524. The Bertz CT molecular complexity index is 927. The van der Waals surface area contributed by atoms with Gasteiger partial charge in [-0.2, -0.15) is 0 Å². The van der Waals surface area contributed by atoms with E-state index < -0.39 is 23.8 Å². The maximum absolute atomic E-state index is 13.5. The van der Waals surface area contributed by atoms with Gasteiger partial charge in [-0.25, -0.2) is 4.79 Å². The first-order valence-electron chi connectivity index (χ1n) is 9.87. The second-order valence-corrected chi connectivity index (χ2v) is 7.61. The molecule has 0 saturated carbocycles. The number of Topliss-reactive ketones (excluding diaryl/α,β-unsaturated/α-hetero) is 1. The standard InChI is InChI=1S/C23H27NO5/c1-6-29-23(27)18-14(4)24-16-11-13(3)17(22(26)28-5)21(25)20(16)19(18)15-10-8-7-9-12(15)2/h7-10,13,17,19,24H,6,11H2,1-5H3/t13-,17+,19+/m1/s1. The molecule has 0 saturated heterocycles. The van der Waals surface area contributed by atoms with Gasteiger partial charge >= 0.3 is 11.9 Å². The minimum absolute atomic E-state index is 0.198. The molecule has 0 bridgehead atoms. The fraction of sp³-hybridized carbons (Fsp3) is 0.435. The Labute approximate surface area is 171 Å². The normalized spacial score (nSPS) is 24.0. The van der Waals surface area contributed by atoms with Crippen molar-refractivity contribution in [2.45, 2.75) is 40.0 Å². The third kappa shape index (κ3) is 3.59. The van der Waals surface area contributed by atoms with Gasteiger partial charge in [0.1, 0.15) is 5.92 Å². The first kappa shape index (κ1) is 20.8. The molecule has 29 heavy (non-hydrogen) atoms. The van der Waals surface area contributed by atoms with Gasteiger partial charge in [0.05, 0.1) is 19.3 Å². The number of esters is 2. The van der Waals surface area contributed by atoms with Crippen LogP contribution >= 0.6 is 0 Å². The van der Waals surface area contributed by atoms with Gasteiger partial charge in [0.2, 0.25) is 0 Å². The highest BCUT2D eigenvalue weighted by Crippen LogP contribution is 2.46. The molecular formula is C23H27NO5. The number of aryl methyl sites for hydroxylation is 1. The lowest BCUT2D eigenvalue weighted by Crippen LogP contribution is -2.43. The third-order valence-electron chi connectivity index (χ3n) is 5.74. The fourth-order valence-electron chi connectivity index (χ4n) is 4.38. The van der Waals surface area contributed by atoms with E-state index in [0.717, 1.165) is 16.8 Å². The summed E-state index contributed by atoms with van der Waals surface area (Å²) in [5, 5.41) is 3.25. The summed E-state index contributed by atoms with van der Waals surface area (Å²) in [7, 11) is 1.29. The number of allylic oxidation sites excluding steroid dienone is 3. The number of methoxy groups -OCH3 is 1. The van der Waals surface area contributed by atoms with Gasteiger partial charge < -0.3 is 14.8 Å². The van der Waals surface area contributed by atoms with E-state index in [2.05, 4.69) is 5.32 Å². The maximum atomic E-state index is 13.5. The molecule has 0 amide bonds. The Balaban J connectivity index is 2.21. The van der Waals surface area contributed by atoms with Crippen molar-refractivity contribution in [2.75, 3.05) is 13.7 Å². The second kappa shape index (κ2) is 8.23. The van der Waals surface area contributed by atoms with Crippen LogP contribution in [0.15, 0.2) is 46.8 Å². The zero-order valence-electron chi connectivity index (χ0n) is 17.5. The first-order chi connectivity index (χ1) is 13.8. The van der Waals surface area contributed by atoms with Crippen molar-refractivity contribution in [3.63, 3.8) is 0 Å². The number of hydrogen-bond acceptors (Lipinski definition) is 6. The molecule has 0 fully saturated rings. The van der Waals surface area contributed by atoms with Crippen LogP contribution in [0.1, 0.15) is 44.2 Å². The average molecular weight is 397 g/mol. The fourth-order valence-corrected chi connectivity index (χ4v) is 4.38. The molecule has 1 aliphatic heterocycles. The zero-order chi connectivity index (χ0) is 21.3. The number of carbonyl (C=O) groups is 3. The van der Waals surface area contributed by atoms with Crippen molar-refractivity contribution in [1.29, 1.82) is 0 Å². The van der Waals surface area contributed by atoms with Crippen LogP contribution < -0.4 is 5.32 Å². The molecule has 3 atom stereocenters. The number of rotatable bonds is 4. The van der Waals surface area contributed by atoms with E-state index in [1.807, 2.05) is 45.0 Å². The van der Waals surface area contributed by atoms with Gasteiger partial charge in [-0.1, -0.05) is 31.2 Å². The van der Waals surface area contributed by atoms with Crippen LogP contribution in [0.5, 0.6) is 0 Å². The van der Waals surface area contributed by atoms with Crippen LogP contribution in [0.2, 0.25) is 0 Å². The van der Waals surface area contributed by atoms with E-state index >= 15 is 0 Å². The van der Waals surface area contributed by atoms with Crippen LogP contribution in [0.3, 0.4) is 0 Å². The molecule has 1 N–H and O–H groups in total. The predicted molar refractivity (Wildman–Crippen MR) is 108 cm³/mol. The Kier molecular flexibility index (Phi) is 5.91. The molecule has 6 nitrogen and oxygen atoms in total. The zero-order valence-corrected chi connectivity index (χ0v) is 17.5. The molecule has 0 radical (unpaired) electrons. The lowest BCUT2D eigenvalue weighted by molar-refractivity contribution is -0.151. The predicted octanol–water partition coefficient (Wildman–Crippen LogP) is 3.17. The molecule has 0 unspecified atom stereocenters. The van der Waals surface area contributed by atoms with Crippen LogP contribution in [0.4, 0.5) is 0 Å². The number of ether oxygens (including phenoxy) is 2. The highest BCUT2D eigenvalue weighted by molar-refractivity contribution is 6.12. The highest BCUT2D eigenvalue weighted by Gasteiger charge is 2.47. The Morgan fingerprint density at radius 2 is 1.90 bits per heavy atom. The number of benzene rings is 1. The van der Waals surface area contributed by atoms with Gasteiger partial charge in [0, 0.05) is 22.9 Å². The summed E-state index contributed by atoms with van der Waals surface area (Å²) < 4.78 is 10.2. The SMILES string of the molecule is CCOC(=O)C1=C(C)NC2=C(C(=O)[C@@H](C(=O)OC)[C@H](C)C2)[C@H]1c1ccccc1C. The molecule has 0 aromatic heterocycles. The molecule has 1 heterocycles.